The molecule has 4 rings (SSSR count). The van der Waals surface area contributed by atoms with Crippen LogP contribution in [0.1, 0.15) is 21.5 Å². The summed E-state index contributed by atoms with van der Waals surface area (Å²) in [5.41, 5.74) is 2.98. The molecule has 1 amide bonds. The van der Waals surface area contributed by atoms with Gasteiger partial charge in [-0.25, -0.2) is 8.42 Å². The van der Waals surface area contributed by atoms with Gasteiger partial charge in [0.25, 0.3) is 15.9 Å². The van der Waals surface area contributed by atoms with Crippen molar-refractivity contribution in [1.82, 2.24) is 5.32 Å². The zero-order chi connectivity index (χ0) is 22.7. The molecule has 0 aliphatic carbocycles. The summed E-state index contributed by atoms with van der Waals surface area (Å²) in [6, 6.07) is 27.3. The van der Waals surface area contributed by atoms with Crippen molar-refractivity contribution >= 4 is 32.4 Å². The molecule has 0 fully saturated rings. The minimum atomic E-state index is -3.68. The highest BCUT2D eigenvalue weighted by atomic mass is 32.2. The summed E-state index contributed by atoms with van der Waals surface area (Å²) >= 11 is 0. The Balaban J connectivity index is 1.47. The summed E-state index contributed by atoms with van der Waals surface area (Å²) in [5.74, 6) is -0.214. The lowest BCUT2D eigenvalue weighted by Gasteiger charge is -2.20. The van der Waals surface area contributed by atoms with E-state index >= 15 is 0 Å². The van der Waals surface area contributed by atoms with Crippen LogP contribution in [0.4, 0.5) is 5.69 Å². The van der Waals surface area contributed by atoms with E-state index in [1.807, 2.05) is 49.4 Å². The van der Waals surface area contributed by atoms with E-state index in [9.17, 15) is 13.2 Å². The quantitative estimate of drug-likeness (QED) is 0.460. The Bertz CT molecular complexity index is 1360. The van der Waals surface area contributed by atoms with Crippen molar-refractivity contribution in [2.75, 3.05) is 11.4 Å². The Morgan fingerprint density at radius 3 is 2.22 bits per heavy atom. The highest BCUT2D eigenvalue weighted by Crippen LogP contribution is 2.23. The number of benzene rings is 4. The molecule has 32 heavy (non-hydrogen) atoms. The SMILES string of the molecule is Cc1ccc(S(=O)(=O)N(C)c2ccc(C(=O)NCc3cccc4ccccc34)cc2)cc1. The molecule has 0 saturated heterocycles. The average Bonchev–Trinajstić information content (AvgIpc) is 2.82. The first-order chi connectivity index (χ1) is 15.4. The summed E-state index contributed by atoms with van der Waals surface area (Å²) in [7, 11) is -2.17. The van der Waals surface area contributed by atoms with Crippen molar-refractivity contribution in [2.45, 2.75) is 18.4 Å². The van der Waals surface area contributed by atoms with Gasteiger partial charge in [-0.05, 0) is 59.7 Å². The van der Waals surface area contributed by atoms with Crippen LogP contribution in [-0.2, 0) is 16.6 Å². The highest BCUT2D eigenvalue weighted by Gasteiger charge is 2.21. The molecule has 4 aromatic carbocycles. The van der Waals surface area contributed by atoms with Gasteiger partial charge in [0.05, 0.1) is 10.6 Å². The van der Waals surface area contributed by atoms with Gasteiger partial charge in [0.1, 0.15) is 0 Å². The number of nitrogens with one attached hydrogen (secondary N) is 1. The van der Waals surface area contributed by atoms with Gasteiger partial charge in [0.2, 0.25) is 0 Å². The van der Waals surface area contributed by atoms with Crippen molar-refractivity contribution in [1.29, 1.82) is 0 Å². The number of nitrogens with zero attached hydrogens (tertiary/aromatic N) is 1. The van der Waals surface area contributed by atoms with Crippen molar-refractivity contribution in [3.8, 4) is 0 Å². The van der Waals surface area contributed by atoms with E-state index in [0.717, 1.165) is 21.9 Å². The van der Waals surface area contributed by atoms with Crippen molar-refractivity contribution in [2.24, 2.45) is 0 Å². The van der Waals surface area contributed by atoms with E-state index in [0.29, 0.717) is 17.8 Å². The largest absolute Gasteiger partial charge is 0.348 e. The predicted molar refractivity (Wildman–Crippen MR) is 128 cm³/mol. The third kappa shape index (κ3) is 4.36. The first kappa shape index (κ1) is 21.6. The van der Waals surface area contributed by atoms with Crippen LogP contribution in [0.2, 0.25) is 0 Å². The Hall–Kier alpha value is -3.64. The maximum absolute atomic E-state index is 12.9. The second kappa shape index (κ2) is 8.85. The zero-order valence-corrected chi connectivity index (χ0v) is 18.8. The van der Waals surface area contributed by atoms with E-state index in [1.165, 1.54) is 11.4 Å². The van der Waals surface area contributed by atoms with E-state index in [2.05, 4.69) is 5.32 Å². The fourth-order valence-electron chi connectivity index (χ4n) is 3.55. The van der Waals surface area contributed by atoms with Gasteiger partial charge in [-0.3, -0.25) is 9.10 Å². The number of aryl methyl sites for hydroxylation is 1. The summed E-state index contributed by atoms with van der Waals surface area (Å²) in [4.78, 5) is 12.9. The Kier molecular flexibility index (Phi) is 5.97. The van der Waals surface area contributed by atoms with E-state index in [-0.39, 0.29) is 10.8 Å². The molecule has 0 atom stereocenters. The number of fused-ring (bicyclic) bond motifs is 1. The smallest absolute Gasteiger partial charge is 0.264 e. The molecule has 0 unspecified atom stereocenters. The van der Waals surface area contributed by atoms with Gasteiger partial charge >= 0.3 is 0 Å². The number of carbonyl (C=O) groups excluding carboxylic acids is 1. The Morgan fingerprint density at radius 1 is 0.844 bits per heavy atom. The minimum Gasteiger partial charge on any atom is -0.348 e. The van der Waals surface area contributed by atoms with Gasteiger partial charge in [-0.15, -0.1) is 0 Å². The summed E-state index contributed by atoms with van der Waals surface area (Å²) in [6.07, 6.45) is 0. The number of rotatable bonds is 6. The van der Waals surface area contributed by atoms with Gasteiger partial charge in [-0.1, -0.05) is 60.2 Å². The van der Waals surface area contributed by atoms with Crippen LogP contribution in [0, 0.1) is 6.92 Å². The second-order valence-electron chi connectivity index (χ2n) is 7.65. The lowest BCUT2D eigenvalue weighted by molar-refractivity contribution is 0.0951. The van der Waals surface area contributed by atoms with Gasteiger partial charge in [0, 0.05) is 19.2 Å². The molecule has 0 spiro atoms. The molecule has 0 saturated carbocycles. The van der Waals surface area contributed by atoms with Crippen molar-refractivity contribution < 1.29 is 13.2 Å². The van der Waals surface area contributed by atoms with Gasteiger partial charge in [0.15, 0.2) is 0 Å². The Labute approximate surface area is 188 Å². The number of amides is 1. The van der Waals surface area contributed by atoms with Gasteiger partial charge in [-0.2, -0.15) is 0 Å². The lowest BCUT2D eigenvalue weighted by Crippen LogP contribution is -2.27. The number of carbonyl (C=O) groups is 1. The van der Waals surface area contributed by atoms with Crippen LogP contribution < -0.4 is 9.62 Å². The number of hydrogen-bond donors (Lipinski definition) is 1. The third-order valence-corrected chi connectivity index (χ3v) is 7.29. The zero-order valence-electron chi connectivity index (χ0n) is 17.9. The van der Waals surface area contributed by atoms with Crippen molar-refractivity contribution in [3.63, 3.8) is 0 Å². The minimum absolute atomic E-state index is 0.214. The summed E-state index contributed by atoms with van der Waals surface area (Å²) < 4.78 is 27.0. The van der Waals surface area contributed by atoms with Crippen LogP contribution in [0.5, 0.6) is 0 Å². The monoisotopic (exact) mass is 444 g/mol. The average molecular weight is 445 g/mol. The fraction of sp³-hybridized carbons (Fsp3) is 0.115. The van der Waals surface area contributed by atoms with Crippen LogP contribution in [0.15, 0.2) is 95.9 Å². The number of anilines is 1. The fourth-order valence-corrected chi connectivity index (χ4v) is 4.75. The maximum Gasteiger partial charge on any atom is 0.264 e. The van der Waals surface area contributed by atoms with Crippen LogP contribution in [-0.4, -0.2) is 21.4 Å². The summed E-state index contributed by atoms with van der Waals surface area (Å²) in [5, 5.41) is 5.18. The topological polar surface area (TPSA) is 66.5 Å². The molecular formula is C26H24N2O3S. The molecule has 4 aromatic rings. The van der Waals surface area contributed by atoms with Crippen LogP contribution >= 0.6 is 0 Å². The predicted octanol–water partition coefficient (Wildman–Crippen LogP) is 4.90. The van der Waals surface area contributed by atoms with E-state index in [4.69, 9.17) is 0 Å². The van der Waals surface area contributed by atoms with E-state index < -0.39 is 10.0 Å². The first-order valence-electron chi connectivity index (χ1n) is 10.3. The number of hydrogen-bond acceptors (Lipinski definition) is 3. The molecule has 0 bridgehead atoms. The Morgan fingerprint density at radius 2 is 1.50 bits per heavy atom. The first-order valence-corrected chi connectivity index (χ1v) is 11.7. The van der Waals surface area contributed by atoms with Crippen molar-refractivity contribution in [3.05, 3.63) is 108 Å². The number of sulfonamides is 1. The van der Waals surface area contributed by atoms with Gasteiger partial charge < -0.3 is 5.32 Å². The second-order valence-corrected chi connectivity index (χ2v) is 9.62. The third-order valence-electron chi connectivity index (χ3n) is 5.49. The molecular weight excluding hydrogens is 420 g/mol. The highest BCUT2D eigenvalue weighted by molar-refractivity contribution is 7.92. The van der Waals surface area contributed by atoms with Crippen LogP contribution in [0.25, 0.3) is 10.8 Å². The molecule has 0 aromatic heterocycles. The molecule has 6 heteroatoms. The summed E-state index contributed by atoms with van der Waals surface area (Å²) in [6.45, 7) is 2.31. The molecule has 162 valence electrons. The molecule has 0 radical (unpaired) electrons. The molecule has 0 aliphatic heterocycles. The molecule has 1 N–H and O–H groups in total. The van der Waals surface area contributed by atoms with Crippen LogP contribution in [0.3, 0.4) is 0 Å². The molecule has 0 heterocycles. The maximum atomic E-state index is 12.9. The lowest BCUT2D eigenvalue weighted by atomic mass is 10.0. The molecule has 0 aliphatic rings. The molecule has 5 nitrogen and oxygen atoms in total. The standard InChI is InChI=1S/C26H24N2O3S/c1-19-10-16-24(17-11-19)32(30,31)28(2)23-14-12-21(13-15-23)26(29)27-18-22-8-5-7-20-6-3-4-9-25(20)22/h3-17H,18H2,1-2H3,(H,27,29). The van der Waals surface area contributed by atoms with E-state index in [1.54, 1.807) is 48.5 Å². The normalized spacial score (nSPS) is 11.3.